The fourth-order valence-corrected chi connectivity index (χ4v) is 2.44. The first kappa shape index (κ1) is 18.7. The molecule has 2 rings (SSSR count). The number of phenolic OH excluding ortho intramolecular Hbond substituents is 1. The van der Waals surface area contributed by atoms with Crippen molar-refractivity contribution in [1.82, 2.24) is 0 Å². The molecule has 1 aliphatic rings. The summed E-state index contributed by atoms with van der Waals surface area (Å²) in [5, 5.41) is 48.5. The fourth-order valence-electron chi connectivity index (χ4n) is 2.44. The number of benzene rings is 1. The topological polar surface area (TPSA) is 120 Å². The van der Waals surface area contributed by atoms with E-state index in [1.807, 2.05) is 19.9 Å². The van der Waals surface area contributed by atoms with Gasteiger partial charge in [0.05, 0.1) is 6.61 Å². The van der Waals surface area contributed by atoms with Gasteiger partial charge < -0.3 is 35.0 Å². The third kappa shape index (κ3) is 4.25. The van der Waals surface area contributed by atoms with Crippen LogP contribution in [0.1, 0.15) is 19.4 Å². The van der Waals surface area contributed by atoms with E-state index in [2.05, 4.69) is 0 Å². The van der Waals surface area contributed by atoms with Crippen molar-refractivity contribution in [2.75, 3.05) is 6.61 Å². The molecule has 0 spiro atoms. The first-order valence-electron chi connectivity index (χ1n) is 7.76. The Balaban J connectivity index is 2.21. The van der Waals surface area contributed by atoms with Crippen LogP contribution in [0.4, 0.5) is 0 Å². The SMILES string of the molecule is CC(C)=CCc1cc(O)ccc1OC1OC(CO)C(O)C(O)C1O. The minimum Gasteiger partial charge on any atom is -0.508 e. The number of aliphatic hydroxyl groups excluding tert-OH is 4. The average molecular weight is 340 g/mol. The van der Waals surface area contributed by atoms with Gasteiger partial charge in [-0.3, -0.25) is 0 Å². The van der Waals surface area contributed by atoms with Crippen LogP contribution in [0.15, 0.2) is 29.8 Å². The Morgan fingerprint density at radius 2 is 1.88 bits per heavy atom. The zero-order chi connectivity index (χ0) is 17.9. The van der Waals surface area contributed by atoms with Crippen molar-refractivity contribution in [3.05, 3.63) is 35.4 Å². The Labute approximate surface area is 140 Å². The van der Waals surface area contributed by atoms with Crippen LogP contribution in [-0.2, 0) is 11.2 Å². The zero-order valence-corrected chi connectivity index (χ0v) is 13.7. The molecule has 5 atom stereocenters. The highest BCUT2D eigenvalue weighted by atomic mass is 16.7. The number of aliphatic hydroxyl groups is 4. The molecule has 0 aromatic heterocycles. The van der Waals surface area contributed by atoms with Crippen LogP contribution in [0.2, 0.25) is 0 Å². The summed E-state index contributed by atoms with van der Waals surface area (Å²) in [6.07, 6.45) is -4.25. The molecule has 1 aromatic carbocycles. The molecular formula is C17H24O7. The molecule has 134 valence electrons. The first-order valence-corrected chi connectivity index (χ1v) is 7.76. The van der Waals surface area contributed by atoms with Gasteiger partial charge in [0.2, 0.25) is 6.29 Å². The van der Waals surface area contributed by atoms with Gasteiger partial charge in [-0.25, -0.2) is 0 Å². The quantitative estimate of drug-likeness (QED) is 0.482. The zero-order valence-electron chi connectivity index (χ0n) is 13.7. The second-order valence-electron chi connectivity index (χ2n) is 6.09. The lowest BCUT2D eigenvalue weighted by atomic mass is 9.99. The second-order valence-corrected chi connectivity index (χ2v) is 6.09. The minimum atomic E-state index is -1.50. The smallest absolute Gasteiger partial charge is 0.229 e. The van der Waals surface area contributed by atoms with Crippen LogP contribution < -0.4 is 4.74 Å². The molecule has 1 aliphatic heterocycles. The molecule has 5 N–H and O–H groups in total. The highest BCUT2D eigenvalue weighted by Gasteiger charge is 2.44. The summed E-state index contributed by atoms with van der Waals surface area (Å²) in [4.78, 5) is 0. The first-order chi connectivity index (χ1) is 11.3. The van der Waals surface area contributed by atoms with E-state index in [0.29, 0.717) is 17.7 Å². The molecular weight excluding hydrogens is 316 g/mol. The van der Waals surface area contributed by atoms with Crippen molar-refractivity contribution in [2.24, 2.45) is 0 Å². The van der Waals surface area contributed by atoms with Crippen LogP contribution in [0.25, 0.3) is 0 Å². The molecule has 0 amide bonds. The van der Waals surface area contributed by atoms with E-state index in [1.54, 1.807) is 6.07 Å². The maximum absolute atomic E-state index is 10.0. The summed E-state index contributed by atoms with van der Waals surface area (Å²) in [7, 11) is 0. The number of ether oxygens (including phenoxy) is 2. The maximum atomic E-state index is 10.0. The molecule has 1 fully saturated rings. The second kappa shape index (κ2) is 7.96. The summed E-state index contributed by atoms with van der Waals surface area (Å²) in [6, 6.07) is 4.51. The van der Waals surface area contributed by atoms with E-state index >= 15 is 0 Å². The van der Waals surface area contributed by atoms with Gasteiger partial charge in [0.1, 0.15) is 35.9 Å². The van der Waals surface area contributed by atoms with Crippen molar-refractivity contribution in [2.45, 2.75) is 51.0 Å². The summed E-state index contributed by atoms with van der Waals surface area (Å²) in [5.41, 5.74) is 1.77. The Bertz CT molecular complexity index is 580. The lowest BCUT2D eigenvalue weighted by Crippen LogP contribution is -2.60. The van der Waals surface area contributed by atoms with Gasteiger partial charge in [0, 0.05) is 5.56 Å². The molecule has 24 heavy (non-hydrogen) atoms. The van der Waals surface area contributed by atoms with Crippen molar-refractivity contribution in [3.8, 4) is 11.5 Å². The Morgan fingerprint density at radius 3 is 2.50 bits per heavy atom. The molecule has 5 unspecified atom stereocenters. The van der Waals surface area contributed by atoms with E-state index in [4.69, 9.17) is 9.47 Å². The molecule has 0 saturated carbocycles. The van der Waals surface area contributed by atoms with Crippen molar-refractivity contribution in [1.29, 1.82) is 0 Å². The molecule has 1 aromatic rings. The molecule has 1 saturated heterocycles. The predicted octanol–water partition coefficient (Wildman–Crippen LogP) is 0.0796. The number of rotatable bonds is 5. The number of hydrogen-bond donors (Lipinski definition) is 5. The van der Waals surface area contributed by atoms with Gasteiger partial charge in [0.25, 0.3) is 0 Å². The van der Waals surface area contributed by atoms with Crippen LogP contribution in [-0.4, -0.2) is 62.8 Å². The van der Waals surface area contributed by atoms with E-state index in [1.165, 1.54) is 12.1 Å². The summed E-state index contributed by atoms with van der Waals surface area (Å²) in [6.45, 7) is 3.37. The number of hydrogen-bond acceptors (Lipinski definition) is 7. The van der Waals surface area contributed by atoms with Crippen LogP contribution in [0.5, 0.6) is 11.5 Å². The third-order valence-electron chi connectivity index (χ3n) is 3.87. The van der Waals surface area contributed by atoms with Crippen molar-refractivity contribution < 1.29 is 35.0 Å². The van der Waals surface area contributed by atoms with Crippen LogP contribution >= 0.6 is 0 Å². The average Bonchev–Trinajstić information content (AvgIpc) is 2.55. The number of phenols is 1. The molecule has 1 heterocycles. The van der Waals surface area contributed by atoms with Crippen LogP contribution in [0, 0.1) is 0 Å². The standard InChI is InChI=1S/C17H24O7/c1-9(2)3-4-10-7-11(19)5-6-12(10)23-17-16(22)15(21)14(20)13(8-18)24-17/h3,5-7,13-22H,4,8H2,1-2H3. The Morgan fingerprint density at radius 1 is 1.17 bits per heavy atom. The van der Waals surface area contributed by atoms with Crippen LogP contribution in [0.3, 0.4) is 0 Å². The molecule has 0 radical (unpaired) electrons. The molecule has 0 aliphatic carbocycles. The van der Waals surface area contributed by atoms with Gasteiger partial charge in [-0.1, -0.05) is 11.6 Å². The highest BCUT2D eigenvalue weighted by Crippen LogP contribution is 2.29. The third-order valence-corrected chi connectivity index (χ3v) is 3.87. The van der Waals surface area contributed by atoms with Gasteiger partial charge in [0.15, 0.2) is 0 Å². The normalized spacial score (nSPS) is 30.0. The Hall–Kier alpha value is -1.64. The molecule has 7 nitrogen and oxygen atoms in total. The molecule has 7 heteroatoms. The molecule has 0 bridgehead atoms. The maximum Gasteiger partial charge on any atom is 0.229 e. The van der Waals surface area contributed by atoms with Gasteiger partial charge in [-0.05, 0) is 38.5 Å². The van der Waals surface area contributed by atoms with E-state index in [-0.39, 0.29) is 5.75 Å². The fraction of sp³-hybridized carbons (Fsp3) is 0.529. The highest BCUT2D eigenvalue weighted by molar-refractivity contribution is 5.41. The minimum absolute atomic E-state index is 0.0771. The Kier molecular flexibility index (Phi) is 6.20. The van der Waals surface area contributed by atoms with Gasteiger partial charge in [-0.15, -0.1) is 0 Å². The summed E-state index contributed by atoms with van der Waals surface area (Å²) in [5.74, 6) is 0.447. The van der Waals surface area contributed by atoms with Gasteiger partial charge >= 0.3 is 0 Å². The van der Waals surface area contributed by atoms with Gasteiger partial charge in [-0.2, -0.15) is 0 Å². The number of allylic oxidation sites excluding steroid dienone is 2. The monoisotopic (exact) mass is 340 g/mol. The van der Waals surface area contributed by atoms with E-state index < -0.39 is 37.3 Å². The van der Waals surface area contributed by atoms with Crippen molar-refractivity contribution in [3.63, 3.8) is 0 Å². The largest absolute Gasteiger partial charge is 0.508 e. The summed E-state index contributed by atoms with van der Waals surface area (Å²) >= 11 is 0. The lowest BCUT2D eigenvalue weighted by Gasteiger charge is -2.39. The van der Waals surface area contributed by atoms with Crippen molar-refractivity contribution >= 4 is 0 Å². The summed E-state index contributed by atoms with van der Waals surface area (Å²) < 4.78 is 11.0. The number of aromatic hydroxyl groups is 1. The predicted molar refractivity (Wildman–Crippen MR) is 85.6 cm³/mol. The van der Waals surface area contributed by atoms with E-state index in [0.717, 1.165) is 5.57 Å². The lowest BCUT2D eigenvalue weighted by molar-refractivity contribution is -0.277. The van der Waals surface area contributed by atoms with E-state index in [9.17, 15) is 25.5 Å².